The lowest BCUT2D eigenvalue weighted by Gasteiger charge is -2.29. The molecule has 1 aliphatic heterocycles. The molecule has 2 N–H and O–H groups in total. The van der Waals surface area contributed by atoms with E-state index >= 15 is 0 Å². The molecule has 1 heterocycles. The van der Waals surface area contributed by atoms with Crippen LogP contribution in [0.25, 0.3) is 0 Å². The maximum absolute atomic E-state index is 13.0. The predicted octanol–water partition coefficient (Wildman–Crippen LogP) is 0.743. The molecule has 1 aromatic rings. The van der Waals surface area contributed by atoms with Crippen molar-refractivity contribution in [2.75, 3.05) is 24.7 Å². The normalized spacial score (nSPS) is 22.0. The summed E-state index contributed by atoms with van der Waals surface area (Å²) in [5.41, 5.74) is 0. The molecule has 1 aliphatic rings. The van der Waals surface area contributed by atoms with Gasteiger partial charge in [-0.15, -0.1) is 0 Å². The van der Waals surface area contributed by atoms with Gasteiger partial charge in [0.25, 0.3) is 0 Å². The van der Waals surface area contributed by atoms with E-state index in [-0.39, 0.29) is 29.4 Å². The molecule has 0 spiro atoms. The molecule has 1 aromatic carbocycles. The topological polar surface area (TPSA) is 112 Å². The van der Waals surface area contributed by atoms with Gasteiger partial charge in [0, 0.05) is 21.5 Å². The number of rotatable bonds is 6. The van der Waals surface area contributed by atoms with E-state index in [1.54, 1.807) is 12.1 Å². The first-order chi connectivity index (χ1) is 11.1. The van der Waals surface area contributed by atoms with Gasteiger partial charge < -0.3 is 10.2 Å². The van der Waals surface area contributed by atoms with E-state index in [1.165, 1.54) is 6.07 Å². The lowest BCUT2D eigenvalue weighted by atomic mass is 10.2. The molecule has 7 nitrogen and oxygen atoms in total. The zero-order chi connectivity index (χ0) is 18.1. The molecule has 0 aromatic heterocycles. The smallest absolute Gasteiger partial charge is 0.244 e. The van der Waals surface area contributed by atoms with E-state index < -0.39 is 38.6 Å². The molecule has 11 heteroatoms. The number of sulfonamides is 1. The standard InChI is InChI=1S/C13H17Br2NO6S2/c14-9-1-2-12(15)13(5-9)24(21,22)16(6-11(18)7-17)10-3-4-23(19,20)8-10/h1-2,5,10-11,17-18H,3-4,6-8H2/t10-,11-/m0/s1. The lowest BCUT2D eigenvalue weighted by molar-refractivity contribution is 0.0730. The number of hydrogen-bond donors (Lipinski definition) is 2. The summed E-state index contributed by atoms with van der Waals surface area (Å²) < 4.78 is 51.4. The Bertz CT molecular complexity index is 812. The fraction of sp³-hybridized carbons (Fsp3) is 0.538. The van der Waals surface area contributed by atoms with Crippen LogP contribution in [0.1, 0.15) is 6.42 Å². The number of halogens is 2. The Balaban J connectivity index is 2.47. The van der Waals surface area contributed by atoms with Crippen LogP contribution in [0, 0.1) is 0 Å². The summed E-state index contributed by atoms with van der Waals surface area (Å²) in [6.45, 7) is -0.997. The first-order valence-electron chi connectivity index (χ1n) is 7.03. The number of aliphatic hydroxyl groups is 2. The number of nitrogens with zero attached hydrogens (tertiary/aromatic N) is 1. The fourth-order valence-corrected chi connectivity index (χ4v) is 7.49. The molecule has 136 valence electrons. The Morgan fingerprint density at radius 1 is 1.33 bits per heavy atom. The van der Waals surface area contributed by atoms with Crippen LogP contribution in [-0.2, 0) is 19.9 Å². The van der Waals surface area contributed by atoms with Gasteiger partial charge in [-0.25, -0.2) is 16.8 Å². The predicted molar refractivity (Wildman–Crippen MR) is 95.9 cm³/mol. The van der Waals surface area contributed by atoms with Crippen LogP contribution in [0.15, 0.2) is 32.0 Å². The molecular weight excluding hydrogens is 490 g/mol. The van der Waals surface area contributed by atoms with Gasteiger partial charge in [0.1, 0.15) is 0 Å². The van der Waals surface area contributed by atoms with Gasteiger partial charge >= 0.3 is 0 Å². The summed E-state index contributed by atoms with van der Waals surface area (Å²) in [5.74, 6) is -0.394. The van der Waals surface area contributed by atoms with Crippen molar-refractivity contribution in [1.29, 1.82) is 0 Å². The van der Waals surface area contributed by atoms with E-state index in [9.17, 15) is 21.9 Å². The highest BCUT2D eigenvalue weighted by atomic mass is 79.9. The van der Waals surface area contributed by atoms with E-state index in [1.807, 2.05) is 0 Å². The Morgan fingerprint density at radius 3 is 2.54 bits per heavy atom. The number of aliphatic hydroxyl groups excluding tert-OH is 2. The Kier molecular flexibility index (Phi) is 6.49. The monoisotopic (exact) mass is 505 g/mol. The number of hydrogen-bond acceptors (Lipinski definition) is 6. The molecule has 0 aliphatic carbocycles. The minimum Gasteiger partial charge on any atom is -0.394 e. The molecule has 0 unspecified atom stereocenters. The van der Waals surface area contributed by atoms with Crippen molar-refractivity contribution >= 4 is 51.7 Å². The first kappa shape index (κ1) is 20.3. The third-order valence-electron chi connectivity index (χ3n) is 3.70. The molecule has 0 bridgehead atoms. The van der Waals surface area contributed by atoms with Gasteiger partial charge in [-0.3, -0.25) is 0 Å². The largest absolute Gasteiger partial charge is 0.394 e. The van der Waals surface area contributed by atoms with Crippen molar-refractivity contribution in [3.05, 3.63) is 27.1 Å². The molecule has 2 rings (SSSR count). The quantitative estimate of drug-likeness (QED) is 0.588. The molecule has 1 fully saturated rings. The zero-order valence-electron chi connectivity index (χ0n) is 12.5. The van der Waals surface area contributed by atoms with E-state index in [0.29, 0.717) is 8.95 Å². The molecule has 0 saturated carbocycles. The van der Waals surface area contributed by atoms with Crippen LogP contribution in [0.5, 0.6) is 0 Å². The van der Waals surface area contributed by atoms with Crippen molar-refractivity contribution in [1.82, 2.24) is 4.31 Å². The fourth-order valence-electron chi connectivity index (χ4n) is 2.51. The highest BCUT2D eigenvalue weighted by Crippen LogP contribution is 2.31. The van der Waals surface area contributed by atoms with Crippen molar-refractivity contribution in [3.8, 4) is 0 Å². The number of sulfone groups is 1. The third-order valence-corrected chi connectivity index (χ3v) is 8.85. The van der Waals surface area contributed by atoms with Crippen LogP contribution >= 0.6 is 31.9 Å². The molecule has 0 amide bonds. The van der Waals surface area contributed by atoms with Gasteiger partial charge in [-0.2, -0.15) is 4.31 Å². The Labute approximate surface area is 157 Å². The van der Waals surface area contributed by atoms with Gasteiger partial charge in [-0.1, -0.05) is 15.9 Å². The summed E-state index contributed by atoms with van der Waals surface area (Å²) in [4.78, 5) is -0.0358. The van der Waals surface area contributed by atoms with E-state index in [0.717, 1.165) is 4.31 Å². The van der Waals surface area contributed by atoms with Crippen LogP contribution < -0.4 is 0 Å². The summed E-state index contributed by atoms with van der Waals surface area (Å²) in [7, 11) is -7.39. The molecule has 0 radical (unpaired) electrons. The Morgan fingerprint density at radius 2 is 2.00 bits per heavy atom. The third kappa shape index (κ3) is 4.57. The van der Waals surface area contributed by atoms with Gasteiger partial charge in [-0.05, 0) is 40.5 Å². The minimum atomic E-state index is -4.07. The zero-order valence-corrected chi connectivity index (χ0v) is 17.3. The summed E-state index contributed by atoms with van der Waals surface area (Å²) in [5, 5.41) is 18.8. The second kappa shape index (κ2) is 7.68. The molecular formula is C13H17Br2NO6S2. The summed E-state index contributed by atoms with van der Waals surface area (Å²) in [6, 6.07) is 3.85. The minimum absolute atomic E-state index is 0.0358. The van der Waals surface area contributed by atoms with Crippen LogP contribution in [-0.4, -0.2) is 68.2 Å². The van der Waals surface area contributed by atoms with Crippen molar-refractivity contribution < 1.29 is 27.0 Å². The SMILES string of the molecule is O=S1(=O)CC[C@H](N(C[C@H](O)CO)S(=O)(=O)c2cc(Br)ccc2Br)C1. The summed E-state index contributed by atoms with van der Waals surface area (Å²) in [6.07, 6.45) is -1.14. The Hall–Kier alpha value is -0.0400. The van der Waals surface area contributed by atoms with E-state index in [2.05, 4.69) is 31.9 Å². The van der Waals surface area contributed by atoms with Crippen molar-refractivity contribution in [2.24, 2.45) is 0 Å². The molecule has 1 saturated heterocycles. The van der Waals surface area contributed by atoms with Crippen molar-refractivity contribution in [2.45, 2.75) is 23.5 Å². The molecule has 24 heavy (non-hydrogen) atoms. The maximum Gasteiger partial charge on any atom is 0.244 e. The van der Waals surface area contributed by atoms with Gasteiger partial charge in [0.2, 0.25) is 10.0 Å². The summed E-state index contributed by atoms with van der Waals surface area (Å²) >= 11 is 6.41. The highest BCUT2D eigenvalue weighted by Gasteiger charge is 2.40. The average molecular weight is 507 g/mol. The van der Waals surface area contributed by atoms with Crippen LogP contribution in [0.4, 0.5) is 0 Å². The number of benzene rings is 1. The van der Waals surface area contributed by atoms with Crippen molar-refractivity contribution in [3.63, 3.8) is 0 Å². The molecule has 2 atom stereocenters. The van der Waals surface area contributed by atoms with Gasteiger partial charge in [0.15, 0.2) is 9.84 Å². The van der Waals surface area contributed by atoms with Gasteiger partial charge in [0.05, 0.1) is 29.1 Å². The van der Waals surface area contributed by atoms with Crippen LogP contribution in [0.3, 0.4) is 0 Å². The van der Waals surface area contributed by atoms with E-state index in [4.69, 9.17) is 5.11 Å². The average Bonchev–Trinajstić information content (AvgIpc) is 2.86. The first-order valence-corrected chi connectivity index (χ1v) is 11.9. The maximum atomic E-state index is 13.0. The highest BCUT2D eigenvalue weighted by molar-refractivity contribution is 9.11. The second-order valence-corrected chi connectivity index (χ2v) is 11.4. The van der Waals surface area contributed by atoms with Crippen LogP contribution in [0.2, 0.25) is 0 Å². The second-order valence-electron chi connectivity index (χ2n) is 5.54. The lowest BCUT2D eigenvalue weighted by Crippen LogP contribution is -2.46.